The molecule has 0 heterocycles. The molecule has 0 atom stereocenters. The van der Waals surface area contributed by atoms with E-state index in [0.29, 0.717) is 0 Å². The molecule has 30 heavy (non-hydrogen) atoms. The van der Waals surface area contributed by atoms with E-state index in [2.05, 4.69) is 10.6 Å². The van der Waals surface area contributed by atoms with Gasteiger partial charge >= 0.3 is 6.09 Å². The van der Waals surface area contributed by atoms with Crippen molar-refractivity contribution in [3.8, 4) is 11.5 Å². The number of hydrogen-bond acceptors (Lipinski definition) is 8. The van der Waals surface area contributed by atoms with E-state index in [1.165, 1.54) is 19.2 Å². The van der Waals surface area contributed by atoms with Gasteiger partial charge in [-0.05, 0) is 32.9 Å². The third-order valence-corrected chi connectivity index (χ3v) is 3.40. The summed E-state index contributed by atoms with van der Waals surface area (Å²) in [6.45, 7) is 5.88. The van der Waals surface area contributed by atoms with Gasteiger partial charge in [-0.25, -0.2) is 4.79 Å². The summed E-state index contributed by atoms with van der Waals surface area (Å²) in [7, 11) is 1.32. The van der Waals surface area contributed by atoms with E-state index in [1.54, 1.807) is 20.8 Å². The summed E-state index contributed by atoms with van der Waals surface area (Å²) in [5, 5.41) is 15.1. The van der Waals surface area contributed by atoms with Crippen LogP contribution in [0.5, 0.6) is 11.5 Å². The Morgan fingerprint density at radius 2 is 1.77 bits per heavy atom. The van der Waals surface area contributed by atoms with Gasteiger partial charge in [0.25, 0.3) is 5.91 Å². The fourth-order valence-electron chi connectivity index (χ4n) is 2.19. The molecule has 0 radical (unpaired) electrons. The van der Waals surface area contributed by atoms with Crippen molar-refractivity contribution >= 4 is 23.6 Å². The Kier molecular flexibility index (Phi) is 9.85. The molecule has 168 valence electrons. The molecule has 11 nitrogen and oxygen atoms in total. The lowest BCUT2D eigenvalue weighted by atomic mass is 10.1. The average Bonchev–Trinajstić information content (AvgIpc) is 2.63. The molecule has 11 heteroatoms. The van der Waals surface area contributed by atoms with Crippen LogP contribution >= 0.6 is 0 Å². The zero-order valence-corrected chi connectivity index (χ0v) is 17.6. The number of nitrogens with two attached hydrogens (primary N) is 1. The summed E-state index contributed by atoms with van der Waals surface area (Å²) < 4.78 is 20.5. The maximum atomic E-state index is 11.9. The number of rotatable bonds is 11. The van der Waals surface area contributed by atoms with E-state index in [-0.39, 0.29) is 50.0 Å². The fourth-order valence-corrected chi connectivity index (χ4v) is 2.19. The van der Waals surface area contributed by atoms with Gasteiger partial charge in [-0.3, -0.25) is 9.59 Å². The quantitative estimate of drug-likeness (QED) is 0.301. The van der Waals surface area contributed by atoms with Crippen molar-refractivity contribution in [3.05, 3.63) is 17.7 Å². The first-order valence-corrected chi connectivity index (χ1v) is 9.17. The van der Waals surface area contributed by atoms with Crippen LogP contribution in [-0.4, -0.2) is 68.7 Å². The highest BCUT2D eigenvalue weighted by molar-refractivity contribution is 6.02. The SMILES string of the molecule is COc1ccc(NC(=O)COCCOCCNC(=O)OC(C)(C)C)c(O)c1C(N)=O. The standard InChI is InChI=1S/C19H29N3O8/c1-19(2,3)30-18(26)21-7-8-28-9-10-29-11-14(23)22-12-5-6-13(27-4)15(16(12)24)17(20)25/h5-6,24H,7-11H2,1-4H3,(H2,20,25)(H,21,26)(H,22,23). The molecule has 1 aromatic carbocycles. The third kappa shape index (κ3) is 8.97. The molecule has 0 aliphatic rings. The minimum Gasteiger partial charge on any atom is -0.505 e. The van der Waals surface area contributed by atoms with Gasteiger partial charge in [-0.15, -0.1) is 0 Å². The van der Waals surface area contributed by atoms with Crippen molar-refractivity contribution in [2.24, 2.45) is 5.73 Å². The Balaban J connectivity index is 2.27. The lowest BCUT2D eigenvalue weighted by molar-refractivity contribution is -0.121. The Bertz CT molecular complexity index is 746. The molecule has 0 bridgehead atoms. The van der Waals surface area contributed by atoms with Crippen molar-refractivity contribution in [1.29, 1.82) is 0 Å². The van der Waals surface area contributed by atoms with Crippen molar-refractivity contribution in [2.75, 3.05) is 45.4 Å². The number of carbonyl (C=O) groups excluding carboxylic acids is 3. The van der Waals surface area contributed by atoms with Crippen LogP contribution in [0.2, 0.25) is 0 Å². The van der Waals surface area contributed by atoms with Gasteiger partial charge in [-0.1, -0.05) is 0 Å². The summed E-state index contributed by atoms with van der Waals surface area (Å²) in [6.07, 6.45) is -0.528. The van der Waals surface area contributed by atoms with Gasteiger partial charge in [0.1, 0.15) is 23.5 Å². The molecule has 1 aromatic rings. The van der Waals surface area contributed by atoms with Gasteiger partial charge in [0.2, 0.25) is 5.91 Å². The van der Waals surface area contributed by atoms with E-state index in [0.717, 1.165) is 0 Å². The number of carbonyl (C=O) groups is 3. The van der Waals surface area contributed by atoms with Crippen LogP contribution in [0.15, 0.2) is 12.1 Å². The first-order chi connectivity index (χ1) is 14.0. The molecule has 0 aliphatic carbocycles. The molecule has 0 spiro atoms. The summed E-state index contributed by atoms with van der Waals surface area (Å²) >= 11 is 0. The number of amides is 3. The fraction of sp³-hybridized carbons (Fsp3) is 0.526. The number of primary amides is 1. The average molecular weight is 427 g/mol. The lowest BCUT2D eigenvalue weighted by Crippen LogP contribution is -2.34. The number of nitrogens with one attached hydrogen (secondary N) is 2. The van der Waals surface area contributed by atoms with E-state index in [4.69, 9.17) is 24.7 Å². The topological polar surface area (TPSA) is 158 Å². The molecule has 3 amide bonds. The van der Waals surface area contributed by atoms with Crippen LogP contribution < -0.4 is 21.1 Å². The molecule has 0 aromatic heterocycles. The molecule has 5 N–H and O–H groups in total. The molecule has 1 rings (SSSR count). The van der Waals surface area contributed by atoms with Crippen molar-refractivity contribution in [1.82, 2.24) is 5.32 Å². The number of methoxy groups -OCH3 is 1. The van der Waals surface area contributed by atoms with Crippen molar-refractivity contribution in [2.45, 2.75) is 26.4 Å². The number of ether oxygens (including phenoxy) is 4. The van der Waals surface area contributed by atoms with Gasteiger partial charge in [0.15, 0.2) is 5.75 Å². The summed E-state index contributed by atoms with van der Waals surface area (Å²) in [5.41, 5.74) is 4.43. The second kappa shape index (κ2) is 11.8. The van der Waals surface area contributed by atoms with Crippen LogP contribution in [0.4, 0.5) is 10.5 Å². The normalized spacial score (nSPS) is 10.9. The molecule has 0 saturated carbocycles. The minimum absolute atomic E-state index is 0.00247. The van der Waals surface area contributed by atoms with E-state index in [1.807, 2.05) is 0 Å². The van der Waals surface area contributed by atoms with Crippen LogP contribution in [0.1, 0.15) is 31.1 Å². The Morgan fingerprint density at radius 1 is 1.10 bits per heavy atom. The number of hydrogen-bond donors (Lipinski definition) is 4. The van der Waals surface area contributed by atoms with E-state index >= 15 is 0 Å². The van der Waals surface area contributed by atoms with Gasteiger partial charge in [-0.2, -0.15) is 0 Å². The predicted octanol–water partition coefficient (Wildman–Crippen LogP) is 0.996. The van der Waals surface area contributed by atoms with Crippen LogP contribution in [0, 0.1) is 0 Å². The maximum Gasteiger partial charge on any atom is 0.407 e. The first-order valence-electron chi connectivity index (χ1n) is 9.17. The maximum absolute atomic E-state index is 11.9. The Labute approximate surface area is 174 Å². The molecule has 0 aliphatic heterocycles. The lowest BCUT2D eigenvalue weighted by Gasteiger charge is -2.19. The number of anilines is 1. The Hall–Kier alpha value is -3.05. The minimum atomic E-state index is -0.894. The smallest absolute Gasteiger partial charge is 0.407 e. The van der Waals surface area contributed by atoms with Crippen LogP contribution in [-0.2, 0) is 19.0 Å². The number of alkyl carbamates (subject to hydrolysis) is 1. The van der Waals surface area contributed by atoms with Crippen molar-refractivity contribution in [3.63, 3.8) is 0 Å². The highest BCUT2D eigenvalue weighted by Crippen LogP contribution is 2.34. The van der Waals surface area contributed by atoms with E-state index < -0.39 is 29.3 Å². The number of aromatic hydroxyl groups is 1. The van der Waals surface area contributed by atoms with E-state index in [9.17, 15) is 19.5 Å². The second-order valence-corrected chi connectivity index (χ2v) is 7.05. The summed E-state index contributed by atoms with van der Waals surface area (Å²) in [4.78, 5) is 34.8. The molecule has 0 saturated heterocycles. The highest BCUT2D eigenvalue weighted by Gasteiger charge is 2.19. The third-order valence-electron chi connectivity index (χ3n) is 3.40. The van der Waals surface area contributed by atoms with Crippen molar-refractivity contribution < 1.29 is 38.4 Å². The molecule has 0 fully saturated rings. The predicted molar refractivity (Wildman–Crippen MR) is 108 cm³/mol. The second-order valence-electron chi connectivity index (χ2n) is 7.05. The zero-order chi connectivity index (χ0) is 22.7. The van der Waals surface area contributed by atoms with Gasteiger partial charge < -0.3 is 40.4 Å². The molecule has 0 unspecified atom stereocenters. The highest BCUT2D eigenvalue weighted by atomic mass is 16.6. The van der Waals surface area contributed by atoms with Crippen LogP contribution in [0.25, 0.3) is 0 Å². The first kappa shape index (κ1) is 25.0. The van der Waals surface area contributed by atoms with Gasteiger partial charge in [0.05, 0.1) is 32.6 Å². The van der Waals surface area contributed by atoms with Crippen LogP contribution in [0.3, 0.4) is 0 Å². The molecular weight excluding hydrogens is 398 g/mol. The number of benzene rings is 1. The summed E-state index contributed by atoms with van der Waals surface area (Å²) in [6, 6.07) is 2.77. The summed E-state index contributed by atoms with van der Waals surface area (Å²) in [5.74, 6) is -1.84. The zero-order valence-electron chi connectivity index (χ0n) is 17.6. The number of phenols is 1. The largest absolute Gasteiger partial charge is 0.505 e. The van der Waals surface area contributed by atoms with Gasteiger partial charge in [0, 0.05) is 6.54 Å². The Morgan fingerprint density at radius 3 is 2.37 bits per heavy atom. The molecular formula is C19H29N3O8. The monoisotopic (exact) mass is 427 g/mol.